The molecule has 0 amide bonds. The lowest BCUT2D eigenvalue weighted by atomic mass is 10.2. The maximum atomic E-state index is 12.1. The lowest BCUT2D eigenvalue weighted by molar-refractivity contribution is 0.562. The molecule has 0 fully saturated rings. The van der Waals surface area contributed by atoms with E-state index in [-0.39, 0.29) is 17.3 Å². The van der Waals surface area contributed by atoms with Crippen LogP contribution in [-0.4, -0.2) is 14.1 Å². The van der Waals surface area contributed by atoms with Gasteiger partial charge in [-0.3, -0.25) is 9.36 Å². The molecule has 2 aromatic rings. The van der Waals surface area contributed by atoms with Crippen molar-refractivity contribution in [1.29, 1.82) is 0 Å². The van der Waals surface area contributed by atoms with Crippen molar-refractivity contribution in [2.45, 2.75) is 33.4 Å². The van der Waals surface area contributed by atoms with Gasteiger partial charge in [0.05, 0.1) is 10.7 Å². The normalized spacial score (nSPS) is 12.6. The van der Waals surface area contributed by atoms with Crippen LogP contribution in [0.1, 0.15) is 34.1 Å². The maximum absolute atomic E-state index is 12.1. The predicted octanol–water partition coefficient (Wildman–Crippen LogP) is 1.01. The van der Waals surface area contributed by atoms with Crippen LogP contribution in [0.25, 0.3) is 0 Å². The fourth-order valence-electron chi connectivity index (χ4n) is 2.31. The van der Waals surface area contributed by atoms with Crippen LogP contribution in [0, 0.1) is 13.8 Å². The summed E-state index contributed by atoms with van der Waals surface area (Å²) in [5, 5.41) is 4.36. The number of thiazole rings is 1. The molecule has 1 N–H and O–H groups in total. The number of hydrogen-bond acceptors (Lipinski definition) is 5. The standard InChI is InChI=1S/C14H20N4O2S/c1-8(12-9(2)16-10(3)21-12)15-6-11-7-17(4)14(20)18(5)13(11)19/h7-8,15H,6H2,1-5H3. The summed E-state index contributed by atoms with van der Waals surface area (Å²) in [4.78, 5) is 29.3. The highest BCUT2D eigenvalue weighted by Crippen LogP contribution is 2.24. The first-order valence-corrected chi connectivity index (χ1v) is 7.55. The van der Waals surface area contributed by atoms with Gasteiger partial charge in [-0.25, -0.2) is 9.78 Å². The zero-order valence-electron chi connectivity index (χ0n) is 12.9. The summed E-state index contributed by atoms with van der Waals surface area (Å²) >= 11 is 1.66. The Hall–Kier alpha value is -1.73. The third kappa shape index (κ3) is 3.14. The van der Waals surface area contributed by atoms with Crippen molar-refractivity contribution in [3.63, 3.8) is 0 Å². The van der Waals surface area contributed by atoms with Crippen molar-refractivity contribution in [3.05, 3.63) is 48.2 Å². The SMILES string of the molecule is Cc1nc(C)c(C(C)NCc2cn(C)c(=O)n(C)c2=O)s1. The molecule has 2 heterocycles. The Morgan fingerprint density at radius 3 is 2.57 bits per heavy atom. The first kappa shape index (κ1) is 15.7. The Morgan fingerprint density at radius 2 is 2.00 bits per heavy atom. The topological polar surface area (TPSA) is 68.9 Å². The van der Waals surface area contributed by atoms with E-state index in [1.165, 1.54) is 16.5 Å². The van der Waals surface area contributed by atoms with Gasteiger partial charge >= 0.3 is 5.69 Å². The van der Waals surface area contributed by atoms with E-state index in [0.29, 0.717) is 12.1 Å². The summed E-state index contributed by atoms with van der Waals surface area (Å²) in [6.07, 6.45) is 1.59. The van der Waals surface area contributed by atoms with Gasteiger partial charge in [0.2, 0.25) is 0 Å². The second kappa shape index (κ2) is 5.95. The molecule has 0 saturated carbocycles. The summed E-state index contributed by atoms with van der Waals surface area (Å²) in [5.74, 6) is 0. The zero-order chi connectivity index (χ0) is 15.7. The molecule has 0 bridgehead atoms. The van der Waals surface area contributed by atoms with Crippen LogP contribution in [0.4, 0.5) is 0 Å². The fraction of sp³-hybridized carbons (Fsp3) is 0.500. The number of nitrogens with one attached hydrogen (secondary N) is 1. The van der Waals surface area contributed by atoms with Crippen LogP contribution in [-0.2, 0) is 20.6 Å². The third-order valence-electron chi connectivity index (χ3n) is 3.45. The first-order chi connectivity index (χ1) is 9.81. The lowest BCUT2D eigenvalue weighted by Gasteiger charge is -2.13. The average Bonchev–Trinajstić information content (AvgIpc) is 2.77. The lowest BCUT2D eigenvalue weighted by Crippen LogP contribution is -2.39. The highest BCUT2D eigenvalue weighted by molar-refractivity contribution is 7.11. The average molecular weight is 308 g/mol. The molecule has 0 aromatic carbocycles. The van der Waals surface area contributed by atoms with E-state index in [0.717, 1.165) is 15.3 Å². The minimum atomic E-state index is -0.314. The number of rotatable bonds is 4. The Morgan fingerprint density at radius 1 is 1.33 bits per heavy atom. The highest BCUT2D eigenvalue weighted by atomic mass is 32.1. The third-order valence-corrected chi connectivity index (χ3v) is 4.70. The van der Waals surface area contributed by atoms with Crippen molar-refractivity contribution in [2.75, 3.05) is 0 Å². The van der Waals surface area contributed by atoms with Crippen molar-refractivity contribution in [3.8, 4) is 0 Å². The molecular formula is C14H20N4O2S. The van der Waals surface area contributed by atoms with Crippen LogP contribution in [0.2, 0.25) is 0 Å². The Bertz CT molecular complexity index is 772. The van der Waals surface area contributed by atoms with E-state index < -0.39 is 0 Å². The largest absolute Gasteiger partial charge is 0.330 e. The molecule has 2 rings (SSSR count). The van der Waals surface area contributed by atoms with E-state index in [2.05, 4.69) is 10.3 Å². The van der Waals surface area contributed by atoms with Crippen molar-refractivity contribution in [2.24, 2.45) is 14.1 Å². The minimum Gasteiger partial charge on any atom is -0.305 e. The van der Waals surface area contributed by atoms with Gasteiger partial charge in [-0.15, -0.1) is 11.3 Å². The van der Waals surface area contributed by atoms with Crippen LogP contribution in [0.3, 0.4) is 0 Å². The smallest absolute Gasteiger partial charge is 0.305 e. The van der Waals surface area contributed by atoms with Gasteiger partial charge in [-0.05, 0) is 20.8 Å². The van der Waals surface area contributed by atoms with Crippen LogP contribution in [0.15, 0.2) is 15.8 Å². The molecule has 2 aromatic heterocycles. The molecule has 0 aliphatic carbocycles. The molecule has 0 radical (unpaired) electrons. The van der Waals surface area contributed by atoms with E-state index in [1.807, 2.05) is 20.8 Å². The van der Waals surface area contributed by atoms with Crippen molar-refractivity contribution < 1.29 is 0 Å². The molecule has 0 aliphatic heterocycles. The minimum absolute atomic E-state index is 0.109. The molecule has 0 spiro atoms. The molecule has 1 unspecified atom stereocenters. The molecule has 6 nitrogen and oxygen atoms in total. The van der Waals surface area contributed by atoms with Crippen molar-refractivity contribution in [1.82, 2.24) is 19.4 Å². The predicted molar refractivity (Wildman–Crippen MR) is 83.8 cm³/mol. The molecule has 1 atom stereocenters. The van der Waals surface area contributed by atoms with Crippen LogP contribution in [0.5, 0.6) is 0 Å². The second-order valence-electron chi connectivity index (χ2n) is 5.20. The summed E-state index contributed by atoms with van der Waals surface area (Å²) in [5.41, 5.74) is 1.02. The molecule has 7 heteroatoms. The van der Waals surface area contributed by atoms with E-state index in [1.54, 1.807) is 24.6 Å². The van der Waals surface area contributed by atoms with Gasteiger partial charge in [0.15, 0.2) is 0 Å². The van der Waals surface area contributed by atoms with Crippen molar-refractivity contribution >= 4 is 11.3 Å². The van der Waals surface area contributed by atoms with E-state index >= 15 is 0 Å². The summed E-state index contributed by atoms with van der Waals surface area (Å²) in [7, 11) is 3.14. The number of nitrogens with zero attached hydrogens (tertiary/aromatic N) is 3. The van der Waals surface area contributed by atoms with Gasteiger partial charge < -0.3 is 9.88 Å². The van der Waals surface area contributed by atoms with Gasteiger partial charge in [0, 0.05) is 43.3 Å². The Kier molecular flexibility index (Phi) is 4.43. The Labute approximate surface area is 127 Å². The zero-order valence-corrected chi connectivity index (χ0v) is 13.7. The van der Waals surface area contributed by atoms with E-state index in [4.69, 9.17) is 0 Å². The monoisotopic (exact) mass is 308 g/mol. The molecule has 114 valence electrons. The quantitative estimate of drug-likeness (QED) is 0.915. The Balaban J connectivity index is 2.19. The molecular weight excluding hydrogens is 288 g/mol. The molecule has 0 saturated heterocycles. The van der Waals surface area contributed by atoms with Gasteiger partial charge in [0.1, 0.15) is 0 Å². The van der Waals surface area contributed by atoms with Gasteiger partial charge in [-0.1, -0.05) is 0 Å². The van der Waals surface area contributed by atoms with Gasteiger partial charge in [-0.2, -0.15) is 0 Å². The molecule has 21 heavy (non-hydrogen) atoms. The van der Waals surface area contributed by atoms with E-state index in [9.17, 15) is 9.59 Å². The summed E-state index contributed by atoms with van der Waals surface area (Å²) in [6, 6.07) is 0.109. The summed E-state index contributed by atoms with van der Waals surface area (Å²) < 4.78 is 2.55. The van der Waals surface area contributed by atoms with Gasteiger partial charge in [0.25, 0.3) is 5.56 Å². The fourth-order valence-corrected chi connectivity index (χ4v) is 3.26. The summed E-state index contributed by atoms with van der Waals surface area (Å²) in [6.45, 7) is 6.43. The molecule has 0 aliphatic rings. The number of aromatic nitrogens is 3. The van der Waals surface area contributed by atoms with Crippen LogP contribution >= 0.6 is 11.3 Å². The second-order valence-corrected chi connectivity index (χ2v) is 6.43. The first-order valence-electron chi connectivity index (χ1n) is 6.74. The number of aryl methyl sites for hydroxylation is 3. The highest BCUT2D eigenvalue weighted by Gasteiger charge is 2.14. The van der Waals surface area contributed by atoms with Crippen LogP contribution < -0.4 is 16.6 Å². The maximum Gasteiger partial charge on any atom is 0.330 e. The number of hydrogen-bond donors (Lipinski definition) is 1.